The molecule has 0 aliphatic heterocycles. The maximum absolute atomic E-state index is 5.44. The molecule has 82 valence electrons. The summed E-state index contributed by atoms with van der Waals surface area (Å²) in [4.78, 5) is 0. The molecule has 0 bridgehead atoms. The van der Waals surface area contributed by atoms with E-state index in [2.05, 4.69) is 34.8 Å². The van der Waals surface area contributed by atoms with Crippen LogP contribution in [-0.4, -0.2) is 11.1 Å². The molecule has 0 aliphatic carbocycles. The lowest BCUT2D eigenvalue weighted by molar-refractivity contribution is -0.696. The van der Waals surface area contributed by atoms with Gasteiger partial charge in [0.1, 0.15) is 12.4 Å². The highest BCUT2D eigenvalue weighted by molar-refractivity contribution is 4.65. The van der Waals surface area contributed by atoms with Gasteiger partial charge >= 0.3 is 0 Å². The molecular formula is C10H20BrN3. The Kier molecular flexibility index (Phi) is 7.80. The van der Waals surface area contributed by atoms with Gasteiger partial charge in [0.05, 0.1) is 13.1 Å². The predicted molar refractivity (Wildman–Crippen MR) is 53.2 cm³/mol. The summed E-state index contributed by atoms with van der Waals surface area (Å²) in [5.41, 5.74) is 5.44. The highest BCUT2D eigenvalue weighted by Crippen LogP contribution is 1.92. The molecular weight excluding hydrogens is 242 g/mol. The molecule has 0 atom stereocenters. The zero-order valence-corrected chi connectivity index (χ0v) is 10.4. The minimum absolute atomic E-state index is 0. The Morgan fingerprint density at radius 1 is 1.36 bits per heavy atom. The van der Waals surface area contributed by atoms with Gasteiger partial charge in [-0.1, -0.05) is 13.3 Å². The van der Waals surface area contributed by atoms with E-state index in [-0.39, 0.29) is 17.0 Å². The first kappa shape index (κ1) is 13.7. The number of aromatic nitrogens is 2. The van der Waals surface area contributed by atoms with Crippen molar-refractivity contribution in [1.29, 1.82) is 0 Å². The number of halogens is 1. The molecule has 0 aromatic carbocycles. The molecule has 1 heterocycles. The molecule has 1 rings (SSSR count). The fourth-order valence-corrected chi connectivity index (χ4v) is 1.32. The van der Waals surface area contributed by atoms with Gasteiger partial charge in [-0.3, -0.25) is 0 Å². The van der Waals surface area contributed by atoms with Crippen LogP contribution < -0.4 is 27.3 Å². The van der Waals surface area contributed by atoms with Crippen LogP contribution in [0.4, 0.5) is 0 Å². The van der Waals surface area contributed by atoms with Crippen LogP contribution in [0, 0.1) is 0 Å². The number of hydrogen-bond acceptors (Lipinski definition) is 1. The number of rotatable bonds is 6. The van der Waals surface area contributed by atoms with Crippen LogP contribution in [0.3, 0.4) is 0 Å². The predicted octanol–water partition coefficient (Wildman–Crippen LogP) is -2.07. The van der Waals surface area contributed by atoms with Crippen molar-refractivity contribution < 1.29 is 21.5 Å². The normalized spacial score (nSPS) is 9.86. The average molecular weight is 262 g/mol. The van der Waals surface area contributed by atoms with E-state index in [1.165, 1.54) is 12.8 Å². The summed E-state index contributed by atoms with van der Waals surface area (Å²) in [6.07, 6.45) is 9.97. The molecule has 0 aliphatic rings. The van der Waals surface area contributed by atoms with E-state index < -0.39 is 0 Å². The van der Waals surface area contributed by atoms with Gasteiger partial charge < -0.3 is 22.7 Å². The number of nitrogens with two attached hydrogens (primary N) is 1. The number of nitrogens with zero attached hydrogens (tertiary/aromatic N) is 2. The Morgan fingerprint density at radius 2 is 2.14 bits per heavy atom. The third-order valence-electron chi connectivity index (χ3n) is 2.14. The second-order valence-corrected chi connectivity index (χ2v) is 3.39. The van der Waals surface area contributed by atoms with Crippen molar-refractivity contribution in [2.75, 3.05) is 6.54 Å². The van der Waals surface area contributed by atoms with Crippen LogP contribution in [0.15, 0.2) is 18.7 Å². The van der Waals surface area contributed by atoms with Crippen LogP contribution in [0.1, 0.15) is 26.2 Å². The molecule has 1 aromatic heterocycles. The summed E-state index contributed by atoms with van der Waals surface area (Å²) < 4.78 is 4.43. The number of aryl methyl sites for hydroxylation is 2. The van der Waals surface area contributed by atoms with Gasteiger partial charge in [0.25, 0.3) is 0 Å². The molecule has 0 saturated carbocycles. The van der Waals surface area contributed by atoms with Crippen molar-refractivity contribution >= 4 is 0 Å². The van der Waals surface area contributed by atoms with E-state index in [1.54, 1.807) is 0 Å². The van der Waals surface area contributed by atoms with Crippen LogP contribution in [0.25, 0.3) is 0 Å². The molecule has 0 radical (unpaired) electrons. The van der Waals surface area contributed by atoms with E-state index >= 15 is 0 Å². The summed E-state index contributed by atoms with van der Waals surface area (Å²) in [6.45, 7) is 5.15. The average Bonchev–Trinajstić information content (AvgIpc) is 2.59. The number of unbranched alkanes of at least 4 members (excludes halogenated alkanes) is 1. The Labute approximate surface area is 96.7 Å². The van der Waals surface area contributed by atoms with Crippen molar-refractivity contribution in [3.63, 3.8) is 0 Å². The Balaban J connectivity index is 0.00000169. The summed E-state index contributed by atoms with van der Waals surface area (Å²) in [5.74, 6) is 0. The SMILES string of the molecule is CCCCn1cc[n+](CCCN)c1.[Br-]. The first-order valence-corrected chi connectivity index (χ1v) is 5.11. The van der Waals surface area contributed by atoms with Crippen LogP contribution in [0.5, 0.6) is 0 Å². The van der Waals surface area contributed by atoms with Gasteiger partial charge in [0.15, 0.2) is 0 Å². The topological polar surface area (TPSA) is 34.8 Å². The molecule has 0 amide bonds. The van der Waals surface area contributed by atoms with Crippen molar-refractivity contribution in [3.8, 4) is 0 Å². The monoisotopic (exact) mass is 261 g/mol. The van der Waals surface area contributed by atoms with E-state index in [4.69, 9.17) is 5.73 Å². The van der Waals surface area contributed by atoms with Gasteiger partial charge in [0.2, 0.25) is 6.33 Å². The number of imidazole rings is 1. The molecule has 0 saturated heterocycles. The second kappa shape index (κ2) is 8.00. The maximum atomic E-state index is 5.44. The zero-order chi connectivity index (χ0) is 9.52. The van der Waals surface area contributed by atoms with Crippen LogP contribution in [0.2, 0.25) is 0 Å². The molecule has 2 N–H and O–H groups in total. The highest BCUT2D eigenvalue weighted by atomic mass is 79.9. The van der Waals surface area contributed by atoms with Gasteiger partial charge in [0, 0.05) is 0 Å². The molecule has 0 fully saturated rings. The minimum Gasteiger partial charge on any atom is -1.00 e. The van der Waals surface area contributed by atoms with Gasteiger partial charge in [-0.15, -0.1) is 0 Å². The summed E-state index contributed by atoms with van der Waals surface area (Å²) >= 11 is 0. The van der Waals surface area contributed by atoms with Crippen LogP contribution >= 0.6 is 0 Å². The summed E-state index contributed by atoms with van der Waals surface area (Å²) in [6, 6.07) is 0. The molecule has 4 heteroatoms. The van der Waals surface area contributed by atoms with Crippen LogP contribution in [-0.2, 0) is 13.1 Å². The fraction of sp³-hybridized carbons (Fsp3) is 0.700. The lowest BCUT2D eigenvalue weighted by Gasteiger charge is -1.93. The van der Waals surface area contributed by atoms with Crippen molar-refractivity contribution in [2.45, 2.75) is 39.3 Å². The molecule has 0 spiro atoms. The van der Waals surface area contributed by atoms with Gasteiger partial charge in [-0.05, 0) is 19.4 Å². The fourth-order valence-electron chi connectivity index (χ4n) is 1.32. The Bertz CT molecular complexity index is 213. The summed E-state index contributed by atoms with van der Waals surface area (Å²) in [5, 5.41) is 0. The highest BCUT2D eigenvalue weighted by Gasteiger charge is 2.01. The Hall–Kier alpha value is -0.350. The smallest absolute Gasteiger partial charge is 0.243 e. The molecule has 3 nitrogen and oxygen atoms in total. The lowest BCUT2D eigenvalue weighted by Crippen LogP contribution is -3.00. The van der Waals surface area contributed by atoms with E-state index in [9.17, 15) is 0 Å². The second-order valence-electron chi connectivity index (χ2n) is 3.39. The van der Waals surface area contributed by atoms with Gasteiger partial charge in [-0.25, -0.2) is 9.13 Å². The first-order chi connectivity index (χ1) is 6.36. The van der Waals surface area contributed by atoms with Crippen molar-refractivity contribution in [3.05, 3.63) is 18.7 Å². The third kappa shape index (κ3) is 4.77. The lowest BCUT2D eigenvalue weighted by atomic mass is 10.3. The van der Waals surface area contributed by atoms with Crippen molar-refractivity contribution in [2.24, 2.45) is 5.73 Å². The van der Waals surface area contributed by atoms with Crippen molar-refractivity contribution in [1.82, 2.24) is 4.57 Å². The third-order valence-corrected chi connectivity index (χ3v) is 2.14. The minimum atomic E-state index is 0. The van der Waals surface area contributed by atoms with E-state index in [0.29, 0.717) is 0 Å². The number of hydrogen-bond donors (Lipinski definition) is 1. The van der Waals surface area contributed by atoms with E-state index in [1.807, 2.05) is 0 Å². The quantitative estimate of drug-likeness (QED) is 0.587. The largest absolute Gasteiger partial charge is 1.00 e. The standard InChI is InChI=1S/C10H20N3.BrH/c1-2-3-6-12-8-9-13(10-12)7-4-5-11;/h8-10H,2-7,11H2,1H3;1H/q+1;/p-1. The van der Waals surface area contributed by atoms with Gasteiger partial charge in [-0.2, -0.15) is 0 Å². The molecule has 1 aromatic rings. The first-order valence-electron chi connectivity index (χ1n) is 5.11. The van der Waals surface area contributed by atoms with E-state index in [0.717, 1.165) is 26.1 Å². The molecule has 0 unspecified atom stereocenters. The summed E-state index contributed by atoms with van der Waals surface area (Å²) in [7, 11) is 0. The molecule has 14 heavy (non-hydrogen) atoms. The maximum Gasteiger partial charge on any atom is 0.243 e. The zero-order valence-electron chi connectivity index (χ0n) is 8.82. The Morgan fingerprint density at radius 3 is 2.79 bits per heavy atom.